The number of aromatic nitrogens is 2. The second-order valence-corrected chi connectivity index (χ2v) is 5.54. The van der Waals surface area contributed by atoms with Crippen molar-refractivity contribution in [1.82, 2.24) is 9.78 Å². The minimum absolute atomic E-state index is 0.108. The molecule has 1 N–H and O–H groups in total. The zero-order chi connectivity index (χ0) is 14.3. The van der Waals surface area contributed by atoms with E-state index in [2.05, 4.69) is 40.2 Å². The van der Waals surface area contributed by atoms with Crippen LogP contribution in [0, 0.1) is 5.92 Å². The fourth-order valence-corrected chi connectivity index (χ4v) is 1.98. The van der Waals surface area contributed by atoms with Crippen molar-refractivity contribution in [3.05, 3.63) is 21.0 Å². The monoisotopic (exact) mass is 331 g/mol. The van der Waals surface area contributed by atoms with Crippen molar-refractivity contribution >= 4 is 21.6 Å². The van der Waals surface area contributed by atoms with Crippen LogP contribution in [0.1, 0.15) is 27.2 Å². The van der Waals surface area contributed by atoms with Crippen molar-refractivity contribution in [2.24, 2.45) is 5.92 Å². The van der Waals surface area contributed by atoms with Crippen molar-refractivity contribution in [2.45, 2.75) is 33.7 Å². The number of aryl methyl sites for hydroxylation is 1. The highest BCUT2D eigenvalue weighted by molar-refractivity contribution is 9.10. The molecule has 6 heteroatoms. The molecule has 1 aromatic heterocycles. The van der Waals surface area contributed by atoms with Gasteiger partial charge >= 0.3 is 0 Å². The summed E-state index contributed by atoms with van der Waals surface area (Å²) < 4.78 is 7.44. The summed E-state index contributed by atoms with van der Waals surface area (Å²) in [4.78, 5) is 11.8. The van der Waals surface area contributed by atoms with E-state index in [1.54, 1.807) is 6.20 Å². The van der Waals surface area contributed by atoms with E-state index in [9.17, 15) is 4.79 Å². The average Bonchev–Trinajstić information content (AvgIpc) is 2.38. The molecular formula is C13H22BrN3O2. The van der Waals surface area contributed by atoms with Crippen molar-refractivity contribution < 1.29 is 4.74 Å². The molecule has 0 aliphatic heterocycles. The highest BCUT2D eigenvalue weighted by Gasteiger charge is 2.06. The van der Waals surface area contributed by atoms with Gasteiger partial charge in [-0.15, -0.1) is 0 Å². The summed E-state index contributed by atoms with van der Waals surface area (Å²) >= 11 is 3.31. The molecule has 0 radical (unpaired) electrons. The summed E-state index contributed by atoms with van der Waals surface area (Å²) in [5, 5.41) is 7.27. The summed E-state index contributed by atoms with van der Waals surface area (Å²) in [6.45, 7) is 8.99. The molecule has 0 aliphatic carbocycles. The van der Waals surface area contributed by atoms with E-state index in [1.165, 1.54) is 4.68 Å². The first kappa shape index (κ1) is 16.2. The smallest absolute Gasteiger partial charge is 0.283 e. The normalized spacial score (nSPS) is 11.0. The largest absolute Gasteiger partial charge is 0.383 e. The topological polar surface area (TPSA) is 56.1 Å². The van der Waals surface area contributed by atoms with Crippen LogP contribution in [0.25, 0.3) is 0 Å². The van der Waals surface area contributed by atoms with Gasteiger partial charge in [0.2, 0.25) is 0 Å². The van der Waals surface area contributed by atoms with Gasteiger partial charge in [-0.05, 0) is 35.2 Å². The van der Waals surface area contributed by atoms with E-state index >= 15 is 0 Å². The molecule has 108 valence electrons. The van der Waals surface area contributed by atoms with E-state index in [4.69, 9.17) is 4.74 Å². The summed E-state index contributed by atoms with van der Waals surface area (Å²) in [6, 6.07) is 0. The van der Waals surface area contributed by atoms with Crippen LogP contribution in [0.15, 0.2) is 15.5 Å². The molecule has 0 atom stereocenters. The zero-order valence-corrected chi connectivity index (χ0v) is 13.4. The number of anilines is 1. The molecule has 5 nitrogen and oxygen atoms in total. The van der Waals surface area contributed by atoms with E-state index in [0.29, 0.717) is 16.9 Å². The predicted octanol–water partition coefficient (Wildman–Crippen LogP) is 2.50. The third-order valence-electron chi connectivity index (χ3n) is 2.52. The Morgan fingerprint density at radius 3 is 2.89 bits per heavy atom. The molecule has 0 saturated heterocycles. The van der Waals surface area contributed by atoms with Gasteiger partial charge in [0.1, 0.15) is 4.47 Å². The summed E-state index contributed by atoms with van der Waals surface area (Å²) in [5.74, 6) is 0.563. The van der Waals surface area contributed by atoms with Crippen LogP contribution in [0.4, 0.5) is 5.69 Å². The zero-order valence-electron chi connectivity index (χ0n) is 11.8. The number of hydrogen-bond donors (Lipinski definition) is 1. The standard InChI is InChI=1S/C13H22BrN3O2/c1-4-17-13(18)12(14)11(8-16-17)15-6-5-7-19-9-10(2)3/h8,10,15H,4-7,9H2,1-3H3. The van der Waals surface area contributed by atoms with Crippen LogP contribution in [0.5, 0.6) is 0 Å². The molecule has 0 bridgehead atoms. The number of hydrogen-bond acceptors (Lipinski definition) is 4. The van der Waals surface area contributed by atoms with E-state index in [1.807, 2.05) is 6.92 Å². The van der Waals surface area contributed by atoms with Gasteiger partial charge in [-0.2, -0.15) is 5.10 Å². The van der Waals surface area contributed by atoms with Gasteiger partial charge in [-0.3, -0.25) is 4.79 Å². The van der Waals surface area contributed by atoms with Crippen LogP contribution in [-0.2, 0) is 11.3 Å². The van der Waals surface area contributed by atoms with Crippen molar-refractivity contribution in [2.75, 3.05) is 25.1 Å². The first-order valence-electron chi connectivity index (χ1n) is 6.63. The summed E-state index contributed by atoms with van der Waals surface area (Å²) in [7, 11) is 0. The molecule has 1 heterocycles. The van der Waals surface area contributed by atoms with Crippen LogP contribution in [-0.4, -0.2) is 29.5 Å². The lowest BCUT2D eigenvalue weighted by molar-refractivity contribution is 0.110. The number of halogens is 1. The molecule has 0 aromatic carbocycles. The molecule has 19 heavy (non-hydrogen) atoms. The van der Waals surface area contributed by atoms with Gasteiger partial charge in [-0.1, -0.05) is 13.8 Å². The first-order chi connectivity index (χ1) is 9.06. The minimum atomic E-state index is -0.108. The Morgan fingerprint density at radius 1 is 1.53 bits per heavy atom. The van der Waals surface area contributed by atoms with Gasteiger partial charge in [0.25, 0.3) is 5.56 Å². The number of rotatable bonds is 8. The van der Waals surface area contributed by atoms with Gasteiger partial charge < -0.3 is 10.1 Å². The third kappa shape index (κ3) is 5.32. The van der Waals surface area contributed by atoms with Crippen LogP contribution < -0.4 is 10.9 Å². The Hall–Kier alpha value is -0.880. The Kier molecular flexibility index (Phi) is 7.09. The minimum Gasteiger partial charge on any atom is -0.383 e. The third-order valence-corrected chi connectivity index (χ3v) is 3.28. The highest BCUT2D eigenvalue weighted by atomic mass is 79.9. The summed E-state index contributed by atoms with van der Waals surface area (Å²) in [5.41, 5.74) is 0.627. The predicted molar refractivity (Wildman–Crippen MR) is 80.6 cm³/mol. The molecular weight excluding hydrogens is 310 g/mol. The quantitative estimate of drug-likeness (QED) is 0.743. The molecule has 1 aromatic rings. The second kappa shape index (κ2) is 8.32. The molecule has 0 spiro atoms. The van der Waals surface area contributed by atoms with E-state index < -0.39 is 0 Å². The Balaban J connectivity index is 2.38. The Bertz CT molecular complexity index is 446. The van der Waals surface area contributed by atoms with Gasteiger partial charge in [-0.25, -0.2) is 4.68 Å². The maximum Gasteiger partial charge on any atom is 0.283 e. The fourth-order valence-electron chi connectivity index (χ4n) is 1.53. The lowest BCUT2D eigenvalue weighted by Gasteiger charge is -2.10. The van der Waals surface area contributed by atoms with Gasteiger partial charge in [0, 0.05) is 26.3 Å². The lowest BCUT2D eigenvalue weighted by atomic mass is 10.2. The van der Waals surface area contributed by atoms with E-state index in [0.717, 1.165) is 31.9 Å². The summed E-state index contributed by atoms with van der Waals surface area (Å²) in [6.07, 6.45) is 2.57. The molecule has 0 saturated carbocycles. The maximum atomic E-state index is 11.8. The Morgan fingerprint density at radius 2 is 2.26 bits per heavy atom. The van der Waals surface area contributed by atoms with Gasteiger partial charge in [0.05, 0.1) is 11.9 Å². The van der Waals surface area contributed by atoms with Crippen LogP contribution >= 0.6 is 15.9 Å². The molecule has 0 fully saturated rings. The SMILES string of the molecule is CCn1ncc(NCCCOCC(C)C)c(Br)c1=O. The molecule has 1 rings (SSSR count). The molecule has 0 unspecified atom stereocenters. The van der Waals surface area contributed by atoms with Crippen LogP contribution in [0.2, 0.25) is 0 Å². The van der Waals surface area contributed by atoms with Crippen molar-refractivity contribution in [1.29, 1.82) is 0 Å². The van der Waals surface area contributed by atoms with Crippen LogP contribution in [0.3, 0.4) is 0 Å². The lowest BCUT2D eigenvalue weighted by Crippen LogP contribution is -2.23. The Labute approximate surface area is 122 Å². The number of ether oxygens (including phenoxy) is 1. The highest BCUT2D eigenvalue weighted by Crippen LogP contribution is 2.15. The van der Waals surface area contributed by atoms with Crippen molar-refractivity contribution in [3.8, 4) is 0 Å². The van der Waals surface area contributed by atoms with Gasteiger partial charge in [0.15, 0.2) is 0 Å². The molecule has 0 aliphatic rings. The average molecular weight is 332 g/mol. The number of nitrogens with one attached hydrogen (secondary N) is 1. The first-order valence-corrected chi connectivity index (χ1v) is 7.42. The van der Waals surface area contributed by atoms with Crippen molar-refractivity contribution in [3.63, 3.8) is 0 Å². The second-order valence-electron chi connectivity index (χ2n) is 4.74. The molecule has 0 amide bonds. The fraction of sp³-hybridized carbons (Fsp3) is 0.692. The number of nitrogens with zero attached hydrogens (tertiary/aromatic N) is 2. The maximum absolute atomic E-state index is 11.8. The van der Waals surface area contributed by atoms with E-state index in [-0.39, 0.29) is 5.56 Å².